The molecule has 0 spiro atoms. The molecule has 0 aliphatic heterocycles. The summed E-state index contributed by atoms with van der Waals surface area (Å²) in [5, 5.41) is 22.4. The van der Waals surface area contributed by atoms with E-state index in [4.69, 9.17) is 0 Å². The quantitative estimate of drug-likeness (QED) is 0.256. The van der Waals surface area contributed by atoms with Gasteiger partial charge >= 0.3 is 5.69 Å². The molecule has 0 radical (unpaired) electrons. The van der Waals surface area contributed by atoms with Gasteiger partial charge in [0.25, 0.3) is 0 Å². The van der Waals surface area contributed by atoms with E-state index < -0.39 is 22.3 Å². The summed E-state index contributed by atoms with van der Waals surface area (Å²) in [7, 11) is 0. The Morgan fingerprint density at radius 2 is 1.84 bits per heavy atom. The second-order valence-corrected chi connectivity index (χ2v) is 7.42. The highest BCUT2D eigenvalue weighted by molar-refractivity contribution is 7.99. The van der Waals surface area contributed by atoms with Crippen molar-refractivity contribution in [2.24, 2.45) is 0 Å². The topological polar surface area (TPSA) is 116 Å². The average molecular weight is 450 g/mol. The highest BCUT2D eigenvalue weighted by Gasteiger charge is 2.18. The number of aromatic nitrogens is 4. The number of thioether (sulfide) groups is 1. The lowest BCUT2D eigenvalue weighted by Crippen LogP contribution is -2.15. The molecule has 0 saturated heterocycles. The number of nitro benzene ring substituents is 1. The first kappa shape index (κ1) is 21.1. The van der Waals surface area contributed by atoms with Crippen molar-refractivity contribution >= 4 is 29.0 Å². The van der Waals surface area contributed by atoms with Gasteiger partial charge in [0.1, 0.15) is 0 Å². The van der Waals surface area contributed by atoms with E-state index in [-0.39, 0.29) is 11.4 Å². The zero-order valence-corrected chi connectivity index (χ0v) is 17.2. The maximum absolute atomic E-state index is 13.5. The molecule has 9 nitrogen and oxygen atoms in total. The molecule has 0 aliphatic carbocycles. The zero-order chi connectivity index (χ0) is 22.5. The Hall–Kier alpha value is -4.12. The Morgan fingerprint density at radius 3 is 2.56 bits per heavy atom. The van der Waals surface area contributed by atoms with E-state index in [1.54, 1.807) is 12.4 Å². The smallest absolute Gasteiger partial charge is 0.306 e. The van der Waals surface area contributed by atoms with Gasteiger partial charge in [-0.15, -0.1) is 10.2 Å². The number of anilines is 1. The normalized spacial score (nSPS) is 10.7. The van der Waals surface area contributed by atoms with Crippen molar-refractivity contribution in [3.8, 4) is 17.1 Å². The summed E-state index contributed by atoms with van der Waals surface area (Å²) in [5.74, 6) is -0.839. The summed E-state index contributed by atoms with van der Waals surface area (Å²) >= 11 is 1.15. The van der Waals surface area contributed by atoms with Gasteiger partial charge in [0.05, 0.1) is 10.7 Å². The molecule has 4 rings (SSSR count). The number of rotatable bonds is 7. The van der Waals surface area contributed by atoms with Crippen molar-refractivity contribution in [2.75, 3.05) is 11.1 Å². The summed E-state index contributed by atoms with van der Waals surface area (Å²) in [6.45, 7) is 0. The van der Waals surface area contributed by atoms with Crippen molar-refractivity contribution in [1.82, 2.24) is 19.7 Å². The Kier molecular flexibility index (Phi) is 6.17. The summed E-state index contributed by atoms with van der Waals surface area (Å²) in [5.41, 5.74) is 1.06. The third kappa shape index (κ3) is 4.62. The Bertz CT molecular complexity index is 1270. The third-order valence-corrected chi connectivity index (χ3v) is 5.27. The van der Waals surface area contributed by atoms with E-state index in [1.165, 1.54) is 6.07 Å². The molecule has 4 aromatic rings. The molecule has 32 heavy (non-hydrogen) atoms. The van der Waals surface area contributed by atoms with Gasteiger partial charge in [-0.3, -0.25) is 24.5 Å². The van der Waals surface area contributed by atoms with Crippen LogP contribution in [0.5, 0.6) is 0 Å². The van der Waals surface area contributed by atoms with Crippen LogP contribution in [0.4, 0.5) is 15.8 Å². The summed E-state index contributed by atoms with van der Waals surface area (Å²) in [4.78, 5) is 26.5. The number of para-hydroxylation sites is 1. The van der Waals surface area contributed by atoms with Crippen molar-refractivity contribution in [3.05, 3.63) is 89.0 Å². The van der Waals surface area contributed by atoms with Crippen LogP contribution in [0.15, 0.2) is 78.2 Å². The minimum absolute atomic E-state index is 0.0352. The molecular formula is C21H15FN6O3S. The zero-order valence-electron chi connectivity index (χ0n) is 16.4. The van der Waals surface area contributed by atoms with Gasteiger partial charge in [-0.25, -0.2) is 0 Å². The number of carbonyl (C=O) groups excluding carboxylic acids is 1. The van der Waals surface area contributed by atoms with Gasteiger partial charge in [0.15, 0.2) is 11.0 Å². The van der Waals surface area contributed by atoms with Gasteiger partial charge < -0.3 is 5.32 Å². The molecule has 2 aromatic heterocycles. The maximum atomic E-state index is 13.5. The third-order valence-electron chi connectivity index (χ3n) is 4.35. The van der Waals surface area contributed by atoms with Crippen LogP contribution < -0.4 is 5.32 Å². The van der Waals surface area contributed by atoms with Gasteiger partial charge in [-0.05, 0) is 36.4 Å². The fraction of sp³-hybridized carbons (Fsp3) is 0.0476. The molecule has 0 atom stereocenters. The van der Waals surface area contributed by atoms with Crippen LogP contribution in [0.1, 0.15) is 0 Å². The lowest BCUT2D eigenvalue weighted by atomic mass is 10.2. The van der Waals surface area contributed by atoms with Crippen molar-refractivity contribution < 1.29 is 14.1 Å². The molecule has 0 bridgehead atoms. The number of pyridine rings is 1. The van der Waals surface area contributed by atoms with Gasteiger partial charge in [0.2, 0.25) is 11.7 Å². The fourth-order valence-corrected chi connectivity index (χ4v) is 3.67. The largest absolute Gasteiger partial charge is 0.325 e. The van der Waals surface area contributed by atoms with Crippen LogP contribution in [-0.2, 0) is 4.79 Å². The number of halogens is 1. The molecule has 11 heteroatoms. The predicted octanol–water partition coefficient (Wildman–Crippen LogP) is 4.11. The second kappa shape index (κ2) is 9.35. The molecular weight excluding hydrogens is 435 g/mol. The number of hydrogen-bond donors (Lipinski definition) is 1. The monoisotopic (exact) mass is 450 g/mol. The first-order chi connectivity index (χ1) is 15.5. The molecule has 160 valence electrons. The van der Waals surface area contributed by atoms with Crippen LogP contribution in [0.3, 0.4) is 0 Å². The van der Waals surface area contributed by atoms with Gasteiger partial charge in [-0.1, -0.05) is 30.0 Å². The van der Waals surface area contributed by atoms with Crippen LogP contribution >= 0.6 is 11.8 Å². The molecule has 1 amide bonds. The molecule has 2 heterocycles. The van der Waals surface area contributed by atoms with E-state index in [0.717, 1.165) is 35.1 Å². The first-order valence-corrected chi connectivity index (χ1v) is 10.3. The number of carbonyl (C=O) groups is 1. The number of benzene rings is 2. The summed E-state index contributed by atoms with van der Waals surface area (Å²) in [6.07, 6.45) is 3.31. The number of hydrogen-bond acceptors (Lipinski definition) is 7. The lowest BCUT2D eigenvalue weighted by Gasteiger charge is -2.10. The van der Waals surface area contributed by atoms with E-state index in [0.29, 0.717) is 11.0 Å². The Morgan fingerprint density at radius 1 is 1.09 bits per heavy atom. The number of nitrogens with zero attached hydrogens (tertiary/aromatic N) is 5. The summed E-state index contributed by atoms with van der Waals surface area (Å²) in [6, 6.07) is 16.3. The highest BCUT2D eigenvalue weighted by atomic mass is 32.2. The molecule has 0 unspecified atom stereocenters. The van der Waals surface area contributed by atoms with Crippen LogP contribution in [0.25, 0.3) is 17.1 Å². The van der Waals surface area contributed by atoms with Crippen LogP contribution in [0.2, 0.25) is 0 Å². The van der Waals surface area contributed by atoms with E-state index in [2.05, 4.69) is 20.5 Å². The van der Waals surface area contributed by atoms with E-state index in [1.807, 2.05) is 47.0 Å². The molecule has 0 saturated carbocycles. The standard InChI is InChI=1S/C21H15FN6O3S/c22-17-7-6-15(12-18(17)28(30)31)24-19(29)13-32-21-26-25-20(14-8-10-23-11-9-14)27(21)16-4-2-1-3-5-16/h1-12H,13H2,(H,24,29). The average Bonchev–Trinajstić information content (AvgIpc) is 3.24. The van der Waals surface area contributed by atoms with Gasteiger partial charge in [-0.2, -0.15) is 4.39 Å². The van der Waals surface area contributed by atoms with Crippen molar-refractivity contribution in [2.45, 2.75) is 5.16 Å². The first-order valence-electron chi connectivity index (χ1n) is 9.31. The van der Waals surface area contributed by atoms with Crippen LogP contribution in [-0.4, -0.2) is 36.3 Å². The Balaban J connectivity index is 1.55. The number of nitro groups is 1. The van der Waals surface area contributed by atoms with E-state index >= 15 is 0 Å². The Labute approximate surface area is 185 Å². The number of nitrogens with one attached hydrogen (secondary N) is 1. The maximum Gasteiger partial charge on any atom is 0.306 e. The molecule has 0 aliphatic rings. The summed E-state index contributed by atoms with van der Waals surface area (Å²) < 4.78 is 15.3. The van der Waals surface area contributed by atoms with E-state index in [9.17, 15) is 19.3 Å². The fourth-order valence-electron chi connectivity index (χ4n) is 2.92. The SMILES string of the molecule is O=C(CSc1nnc(-c2ccncc2)n1-c1ccccc1)Nc1ccc(F)c([N+](=O)[O-])c1. The minimum Gasteiger partial charge on any atom is -0.325 e. The second-order valence-electron chi connectivity index (χ2n) is 6.47. The highest BCUT2D eigenvalue weighted by Crippen LogP contribution is 2.28. The van der Waals surface area contributed by atoms with Gasteiger partial charge in [0, 0.05) is 35.4 Å². The number of amides is 1. The predicted molar refractivity (Wildman–Crippen MR) is 117 cm³/mol. The van der Waals surface area contributed by atoms with Crippen LogP contribution in [0, 0.1) is 15.9 Å². The lowest BCUT2D eigenvalue weighted by molar-refractivity contribution is -0.387. The van der Waals surface area contributed by atoms with Crippen molar-refractivity contribution in [3.63, 3.8) is 0 Å². The van der Waals surface area contributed by atoms with Crippen molar-refractivity contribution in [1.29, 1.82) is 0 Å². The molecule has 0 fully saturated rings. The molecule has 1 N–H and O–H groups in total. The minimum atomic E-state index is -0.970. The molecule has 2 aromatic carbocycles.